The molecule has 2 heterocycles. The summed E-state index contributed by atoms with van der Waals surface area (Å²) >= 11 is 0. The van der Waals surface area contributed by atoms with Crippen LogP contribution in [0.2, 0.25) is 0 Å². The molecule has 16 nitrogen and oxygen atoms in total. The summed E-state index contributed by atoms with van der Waals surface area (Å²) < 4.78 is 16.1. The van der Waals surface area contributed by atoms with E-state index in [0.717, 1.165) is 18.2 Å². The second-order valence-electron chi connectivity index (χ2n) is 8.01. The fraction of sp³-hybridized carbons (Fsp3) is 0.632. The molecule has 0 aromatic heterocycles. The summed E-state index contributed by atoms with van der Waals surface area (Å²) in [5.74, 6) is -1.71. The molecular weight excluding hydrogens is 480 g/mol. The van der Waals surface area contributed by atoms with Gasteiger partial charge >= 0.3 is 0 Å². The van der Waals surface area contributed by atoms with Crippen LogP contribution in [0.3, 0.4) is 0 Å². The molecule has 2 fully saturated rings. The maximum absolute atomic E-state index is 11.2. The molecule has 196 valence electrons. The Morgan fingerprint density at radius 3 is 2.17 bits per heavy atom. The molecule has 0 radical (unpaired) electrons. The van der Waals surface area contributed by atoms with Crippen LogP contribution in [-0.2, 0) is 14.2 Å². The molecule has 2 saturated heterocycles. The number of nitro groups is 1. The van der Waals surface area contributed by atoms with Gasteiger partial charge in [0.1, 0.15) is 48.8 Å². The number of hydrogen-bond donors (Lipinski definition) is 8. The van der Waals surface area contributed by atoms with Gasteiger partial charge < -0.3 is 65.2 Å². The standard InChI is InChI=1S/C19H26N2O14/c22-4-9-11(24)12(25)15(28)19(34-9)35-16-10(5-23)33-17(14(27)13(16)26)20-7-1-6(18(29)30)2-8(3-7)21(31)32/h1-3,9-17,19-20,22-28H,4-5H2,(H,29,30)/p-1/t9-,10-,11+,12+,13-,14-,15+,16+,17-,19+/m0/s1. The van der Waals surface area contributed by atoms with Crippen molar-refractivity contribution >= 4 is 17.3 Å². The Kier molecular flexibility index (Phi) is 8.54. The molecule has 0 amide bonds. The smallest absolute Gasteiger partial charge is 0.272 e. The van der Waals surface area contributed by atoms with Gasteiger partial charge in [0, 0.05) is 23.4 Å². The highest BCUT2D eigenvalue weighted by molar-refractivity contribution is 5.88. The van der Waals surface area contributed by atoms with Gasteiger partial charge in [0.15, 0.2) is 12.5 Å². The molecule has 0 aliphatic carbocycles. The van der Waals surface area contributed by atoms with E-state index in [2.05, 4.69) is 5.32 Å². The summed E-state index contributed by atoms with van der Waals surface area (Å²) in [6.07, 6.45) is -16.4. The number of non-ortho nitro benzene ring substituents is 1. The van der Waals surface area contributed by atoms with Gasteiger partial charge in [-0.1, -0.05) is 0 Å². The number of nitrogens with one attached hydrogen (secondary N) is 1. The lowest BCUT2D eigenvalue weighted by molar-refractivity contribution is -0.384. The Balaban J connectivity index is 1.78. The van der Waals surface area contributed by atoms with Crippen LogP contribution in [0.25, 0.3) is 0 Å². The van der Waals surface area contributed by atoms with Crippen molar-refractivity contribution in [1.29, 1.82) is 0 Å². The number of nitrogens with zero attached hydrogens (tertiary/aromatic N) is 1. The summed E-state index contributed by atoms with van der Waals surface area (Å²) in [4.78, 5) is 21.4. The Bertz CT molecular complexity index is 881. The van der Waals surface area contributed by atoms with Crippen LogP contribution in [-0.4, -0.2) is 121 Å². The van der Waals surface area contributed by atoms with Gasteiger partial charge in [-0.25, -0.2) is 0 Å². The molecule has 0 spiro atoms. The van der Waals surface area contributed by atoms with Crippen molar-refractivity contribution < 1.29 is 64.8 Å². The average Bonchev–Trinajstić information content (AvgIpc) is 2.83. The third-order valence-electron chi connectivity index (χ3n) is 5.68. The molecule has 2 aliphatic heterocycles. The van der Waals surface area contributed by atoms with E-state index in [-0.39, 0.29) is 5.69 Å². The van der Waals surface area contributed by atoms with Gasteiger partial charge in [0.05, 0.1) is 24.1 Å². The van der Waals surface area contributed by atoms with Crippen LogP contribution < -0.4 is 10.4 Å². The lowest BCUT2D eigenvalue weighted by Gasteiger charge is -2.46. The number of ether oxygens (including phenoxy) is 3. The normalized spacial score (nSPS) is 37.6. The van der Waals surface area contributed by atoms with Crippen molar-refractivity contribution in [2.24, 2.45) is 0 Å². The summed E-state index contributed by atoms with van der Waals surface area (Å²) in [5.41, 5.74) is -1.34. The number of carbonyl (C=O) groups is 1. The first-order valence-electron chi connectivity index (χ1n) is 10.3. The number of carboxylic acid groups (broad SMARTS) is 1. The maximum Gasteiger partial charge on any atom is 0.272 e. The van der Waals surface area contributed by atoms with E-state index >= 15 is 0 Å². The predicted octanol–water partition coefficient (Wildman–Crippen LogP) is -5.01. The van der Waals surface area contributed by atoms with Crippen molar-refractivity contribution in [2.75, 3.05) is 18.5 Å². The SMILES string of the molecule is O=C([O-])c1cc(N[C@H]2O[C@@H](CO)[C@@H](O[C@H]3O[C@@H](CO)[C@@H](O)[C@@H](O)[C@H]3O)[C@@H](O)[C@@H]2O)cc([N+](=O)[O-])c1. The first-order chi connectivity index (χ1) is 16.5. The van der Waals surface area contributed by atoms with Crippen LogP contribution in [0.5, 0.6) is 0 Å². The third kappa shape index (κ3) is 5.67. The van der Waals surface area contributed by atoms with E-state index in [9.17, 15) is 55.8 Å². The molecule has 1 aromatic rings. The van der Waals surface area contributed by atoms with E-state index in [1.165, 1.54) is 0 Å². The fourth-order valence-corrected chi connectivity index (χ4v) is 3.79. The lowest BCUT2D eigenvalue weighted by atomic mass is 9.96. The Morgan fingerprint density at radius 1 is 0.943 bits per heavy atom. The van der Waals surface area contributed by atoms with Crippen molar-refractivity contribution in [3.63, 3.8) is 0 Å². The molecule has 8 N–H and O–H groups in total. The lowest BCUT2D eigenvalue weighted by Crippen LogP contribution is -2.65. The minimum Gasteiger partial charge on any atom is -0.545 e. The van der Waals surface area contributed by atoms with Gasteiger partial charge in [-0.15, -0.1) is 0 Å². The van der Waals surface area contributed by atoms with Crippen LogP contribution in [0.15, 0.2) is 18.2 Å². The second kappa shape index (κ2) is 11.0. The Labute approximate surface area is 196 Å². The second-order valence-corrected chi connectivity index (χ2v) is 8.01. The van der Waals surface area contributed by atoms with E-state index < -0.39 is 96.7 Å². The predicted molar refractivity (Wildman–Crippen MR) is 107 cm³/mol. The summed E-state index contributed by atoms with van der Waals surface area (Å²) in [7, 11) is 0. The first-order valence-corrected chi connectivity index (χ1v) is 10.3. The molecule has 0 saturated carbocycles. The maximum atomic E-state index is 11.2. The first kappa shape index (κ1) is 27.1. The number of carboxylic acids is 1. The zero-order valence-electron chi connectivity index (χ0n) is 17.9. The molecule has 2 aliphatic rings. The summed E-state index contributed by atoms with van der Waals surface area (Å²) in [6.45, 7) is -1.55. The van der Waals surface area contributed by atoms with E-state index in [1.54, 1.807) is 0 Å². The van der Waals surface area contributed by atoms with Crippen molar-refractivity contribution in [2.45, 2.75) is 61.3 Å². The highest BCUT2D eigenvalue weighted by atomic mass is 16.7. The monoisotopic (exact) mass is 505 g/mol. The number of nitro benzene ring substituents is 1. The molecule has 16 heteroatoms. The molecule has 10 atom stereocenters. The fourth-order valence-electron chi connectivity index (χ4n) is 3.79. The molecular formula is C19H25N2O14-. The van der Waals surface area contributed by atoms with Crippen molar-refractivity contribution in [3.05, 3.63) is 33.9 Å². The minimum absolute atomic E-state index is 0.181. The van der Waals surface area contributed by atoms with Gasteiger partial charge in [-0.3, -0.25) is 10.1 Å². The number of rotatable bonds is 8. The topological polar surface area (TPSA) is 265 Å². The summed E-state index contributed by atoms with van der Waals surface area (Å²) in [5, 5.41) is 94.8. The molecule has 35 heavy (non-hydrogen) atoms. The highest BCUT2D eigenvalue weighted by Gasteiger charge is 2.50. The summed E-state index contributed by atoms with van der Waals surface area (Å²) in [6, 6.07) is 2.67. The number of aliphatic hydroxyl groups excluding tert-OH is 7. The zero-order chi connectivity index (χ0) is 26.0. The minimum atomic E-state index is -1.83. The van der Waals surface area contributed by atoms with Crippen molar-refractivity contribution in [3.8, 4) is 0 Å². The van der Waals surface area contributed by atoms with Crippen LogP contribution in [0, 0.1) is 10.1 Å². The number of benzene rings is 1. The van der Waals surface area contributed by atoms with Crippen LogP contribution in [0.1, 0.15) is 10.4 Å². The van der Waals surface area contributed by atoms with Gasteiger partial charge in [-0.2, -0.15) is 0 Å². The van der Waals surface area contributed by atoms with Crippen LogP contribution in [0.4, 0.5) is 11.4 Å². The molecule has 1 aromatic carbocycles. The number of aliphatic hydroxyl groups is 7. The van der Waals surface area contributed by atoms with E-state index in [0.29, 0.717) is 0 Å². The highest BCUT2D eigenvalue weighted by Crippen LogP contribution is 2.30. The number of anilines is 1. The number of carbonyl (C=O) groups excluding carboxylic acids is 1. The average molecular weight is 505 g/mol. The Hall–Kier alpha value is -2.51. The van der Waals surface area contributed by atoms with Crippen molar-refractivity contribution in [1.82, 2.24) is 0 Å². The quantitative estimate of drug-likeness (QED) is 0.121. The van der Waals surface area contributed by atoms with Gasteiger partial charge in [0.2, 0.25) is 0 Å². The number of hydrogen-bond acceptors (Lipinski definition) is 15. The largest absolute Gasteiger partial charge is 0.545 e. The molecule has 0 bridgehead atoms. The molecule has 3 rings (SSSR count). The van der Waals surface area contributed by atoms with E-state index in [4.69, 9.17) is 14.2 Å². The molecule has 0 unspecified atom stereocenters. The third-order valence-corrected chi connectivity index (χ3v) is 5.68. The number of aromatic carboxylic acids is 1. The van der Waals surface area contributed by atoms with Crippen LogP contribution >= 0.6 is 0 Å². The zero-order valence-corrected chi connectivity index (χ0v) is 17.9. The Morgan fingerprint density at radius 2 is 1.60 bits per heavy atom. The van der Waals surface area contributed by atoms with E-state index in [1.807, 2.05) is 0 Å². The van der Waals surface area contributed by atoms with Gasteiger partial charge in [0.25, 0.3) is 5.69 Å². The van der Waals surface area contributed by atoms with Gasteiger partial charge in [-0.05, 0) is 6.07 Å².